The van der Waals surface area contributed by atoms with Gasteiger partial charge in [0.2, 0.25) is 12.2 Å². The fourth-order valence-corrected chi connectivity index (χ4v) is 5.95. The van der Waals surface area contributed by atoms with Gasteiger partial charge in [0.05, 0.1) is 12.9 Å². The Morgan fingerprint density at radius 3 is 1.59 bits per heavy atom. The lowest BCUT2D eigenvalue weighted by molar-refractivity contribution is -0.266. The SMILES string of the molecule is CC(=O)NC1C(OC(C)=O)OC(COC(c2ccccc2)(c2ccccc2)c2ccccc2)C(OS(C)(=O)=O)C1OC(C)=O. The normalized spacial score (nSPS) is 22.0. The Morgan fingerprint density at radius 2 is 1.20 bits per heavy atom. The first-order valence-electron chi connectivity index (χ1n) is 13.9. The number of ether oxygens (including phenoxy) is 4. The smallest absolute Gasteiger partial charge is 0.305 e. The Hall–Kier alpha value is -4.10. The van der Waals surface area contributed by atoms with Gasteiger partial charge in [-0.1, -0.05) is 91.0 Å². The summed E-state index contributed by atoms with van der Waals surface area (Å²) in [6.45, 7) is 3.13. The summed E-state index contributed by atoms with van der Waals surface area (Å²) in [6, 6.07) is 27.0. The highest BCUT2D eigenvalue weighted by Crippen LogP contribution is 2.41. The van der Waals surface area contributed by atoms with E-state index in [4.69, 9.17) is 23.1 Å². The average molecular weight is 626 g/mol. The third-order valence-corrected chi connectivity index (χ3v) is 7.46. The van der Waals surface area contributed by atoms with Gasteiger partial charge in [-0.3, -0.25) is 18.6 Å². The molecular weight excluding hydrogens is 590 g/mol. The van der Waals surface area contributed by atoms with Crippen molar-refractivity contribution in [1.29, 1.82) is 0 Å². The molecule has 0 aliphatic carbocycles. The molecule has 1 aliphatic rings. The van der Waals surface area contributed by atoms with Crippen LogP contribution >= 0.6 is 0 Å². The van der Waals surface area contributed by atoms with E-state index in [0.717, 1.165) is 36.8 Å². The van der Waals surface area contributed by atoms with Gasteiger partial charge in [-0.2, -0.15) is 8.42 Å². The number of amides is 1. The predicted octanol–water partition coefficient (Wildman–Crippen LogP) is 3.06. The molecule has 1 fully saturated rings. The maximum Gasteiger partial charge on any atom is 0.305 e. The van der Waals surface area contributed by atoms with E-state index in [2.05, 4.69) is 5.32 Å². The molecule has 3 aromatic carbocycles. The summed E-state index contributed by atoms with van der Waals surface area (Å²) in [5.41, 5.74) is 1.06. The van der Waals surface area contributed by atoms with Gasteiger partial charge in [0.25, 0.3) is 10.1 Å². The van der Waals surface area contributed by atoms with Crippen LogP contribution in [0.15, 0.2) is 91.0 Å². The molecule has 0 bridgehead atoms. The van der Waals surface area contributed by atoms with E-state index in [1.165, 1.54) is 6.92 Å². The highest BCUT2D eigenvalue weighted by Gasteiger charge is 2.53. The standard InChI is InChI=1S/C32H35NO10S/c1-21(34)33-28-30(40-22(2)35)29(43-44(4,37)38)27(42-31(28)41-23(3)36)20-39-32(24-14-8-5-9-15-24,25-16-10-6-11-17-25)26-18-12-7-13-19-26/h5-19,27-31H,20H2,1-4H3,(H,33,34). The van der Waals surface area contributed by atoms with Crippen LogP contribution in [0.1, 0.15) is 37.5 Å². The van der Waals surface area contributed by atoms with E-state index >= 15 is 0 Å². The van der Waals surface area contributed by atoms with Gasteiger partial charge >= 0.3 is 11.9 Å². The highest BCUT2D eigenvalue weighted by molar-refractivity contribution is 7.86. The zero-order valence-electron chi connectivity index (χ0n) is 24.7. The molecule has 44 heavy (non-hydrogen) atoms. The van der Waals surface area contributed by atoms with Crippen molar-refractivity contribution in [3.8, 4) is 0 Å². The third-order valence-electron chi connectivity index (χ3n) is 6.89. The van der Waals surface area contributed by atoms with E-state index in [-0.39, 0.29) is 6.61 Å². The second-order valence-corrected chi connectivity index (χ2v) is 11.9. The lowest BCUT2D eigenvalue weighted by Gasteiger charge is -2.45. The van der Waals surface area contributed by atoms with E-state index in [0.29, 0.717) is 0 Å². The van der Waals surface area contributed by atoms with Crippen molar-refractivity contribution in [1.82, 2.24) is 5.32 Å². The lowest BCUT2D eigenvalue weighted by Crippen LogP contribution is -2.67. The molecular formula is C32H35NO10S. The van der Waals surface area contributed by atoms with Crippen molar-refractivity contribution in [3.05, 3.63) is 108 Å². The first kappa shape index (κ1) is 32.8. The van der Waals surface area contributed by atoms with Crippen molar-refractivity contribution in [3.63, 3.8) is 0 Å². The molecule has 0 aromatic heterocycles. The summed E-state index contributed by atoms with van der Waals surface area (Å²) >= 11 is 0. The zero-order chi connectivity index (χ0) is 31.9. The van der Waals surface area contributed by atoms with Crippen LogP contribution < -0.4 is 5.32 Å². The molecule has 0 saturated carbocycles. The molecule has 12 heteroatoms. The molecule has 0 radical (unpaired) electrons. The minimum atomic E-state index is -4.18. The Morgan fingerprint density at radius 1 is 0.750 bits per heavy atom. The first-order chi connectivity index (χ1) is 20.9. The summed E-state index contributed by atoms with van der Waals surface area (Å²) in [5, 5.41) is 2.54. The van der Waals surface area contributed by atoms with Gasteiger partial charge in [-0.15, -0.1) is 0 Å². The van der Waals surface area contributed by atoms with Crippen LogP contribution in [-0.4, -0.2) is 69.8 Å². The molecule has 1 aliphatic heterocycles. The van der Waals surface area contributed by atoms with E-state index in [1.54, 1.807) is 0 Å². The third kappa shape index (κ3) is 7.88. The molecule has 1 amide bonds. The summed E-state index contributed by atoms with van der Waals surface area (Å²) in [7, 11) is -4.18. The summed E-state index contributed by atoms with van der Waals surface area (Å²) in [5.74, 6) is -2.11. The monoisotopic (exact) mass is 625 g/mol. The Labute approximate surface area is 256 Å². The number of nitrogens with one attached hydrogen (secondary N) is 1. The summed E-state index contributed by atoms with van der Waals surface area (Å²) < 4.78 is 54.3. The van der Waals surface area contributed by atoms with Gasteiger partial charge in [0.15, 0.2) is 6.10 Å². The quantitative estimate of drug-likeness (QED) is 0.192. The van der Waals surface area contributed by atoms with Gasteiger partial charge in [0, 0.05) is 20.8 Å². The fourth-order valence-electron chi connectivity index (χ4n) is 5.32. The molecule has 1 N–H and O–H groups in total. The Kier molecular flexibility index (Phi) is 10.5. The molecule has 4 rings (SSSR count). The van der Waals surface area contributed by atoms with E-state index in [9.17, 15) is 22.8 Å². The number of esters is 2. The van der Waals surface area contributed by atoms with Crippen molar-refractivity contribution in [2.75, 3.05) is 12.9 Å². The van der Waals surface area contributed by atoms with Crippen LogP contribution in [0.5, 0.6) is 0 Å². The number of benzene rings is 3. The molecule has 234 valence electrons. The highest BCUT2D eigenvalue weighted by atomic mass is 32.2. The Balaban J connectivity index is 1.86. The number of carbonyl (C=O) groups is 3. The summed E-state index contributed by atoms with van der Waals surface area (Å²) in [6.07, 6.45) is -4.87. The topological polar surface area (TPSA) is 144 Å². The second-order valence-electron chi connectivity index (χ2n) is 10.3. The predicted molar refractivity (Wildman–Crippen MR) is 158 cm³/mol. The van der Waals surface area contributed by atoms with E-state index < -0.39 is 64.2 Å². The number of hydrogen-bond acceptors (Lipinski definition) is 10. The van der Waals surface area contributed by atoms with Crippen LogP contribution in [0.4, 0.5) is 0 Å². The Bertz CT molecular complexity index is 1440. The lowest BCUT2D eigenvalue weighted by atomic mass is 9.80. The molecule has 5 unspecified atom stereocenters. The number of rotatable bonds is 11. The maximum atomic E-state index is 12.5. The summed E-state index contributed by atoms with van der Waals surface area (Å²) in [4.78, 5) is 36.5. The van der Waals surface area contributed by atoms with Gasteiger partial charge < -0.3 is 24.3 Å². The van der Waals surface area contributed by atoms with Crippen LogP contribution in [0.2, 0.25) is 0 Å². The van der Waals surface area contributed by atoms with E-state index in [1.807, 2.05) is 91.0 Å². The molecule has 11 nitrogen and oxygen atoms in total. The second kappa shape index (κ2) is 14.1. The van der Waals surface area contributed by atoms with Crippen LogP contribution in [0.3, 0.4) is 0 Å². The minimum Gasteiger partial charge on any atom is -0.457 e. The van der Waals surface area contributed by atoms with Crippen molar-refractivity contribution in [2.45, 2.75) is 57.0 Å². The van der Waals surface area contributed by atoms with Crippen LogP contribution in [-0.2, 0) is 53.2 Å². The van der Waals surface area contributed by atoms with Gasteiger partial charge in [0.1, 0.15) is 23.9 Å². The molecule has 3 aromatic rings. The van der Waals surface area contributed by atoms with Crippen LogP contribution in [0, 0.1) is 0 Å². The minimum absolute atomic E-state index is 0.332. The van der Waals surface area contributed by atoms with Crippen molar-refractivity contribution >= 4 is 28.0 Å². The molecule has 5 atom stereocenters. The van der Waals surface area contributed by atoms with Crippen molar-refractivity contribution in [2.24, 2.45) is 0 Å². The maximum absolute atomic E-state index is 12.5. The van der Waals surface area contributed by atoms with Crippen LogP contribution in [0.25, 0.3) is 0 Å². The number of carbonyl (C=O) groups excluding carboxylic acids is 3. The van der Waals surface area contributed by atoms with Gasteiger partial charge in [-0.25, -0.2) is 0 Å². The van der Waals surface area contributed by atoms with Crippen molar-refractivity contribution < 1.29 is 45.9 Å². The molecule has 1 heterocycles. The van der Waals surface area contributed by atoms with Gasteiger partial charge in [-0.05, 0) is 16.7 Å². The first-order valence-corrected chi connectivity index (χ1v) is 15.7. The average Bonchev–Trinajstić information content (AvgIpc) is 2.97. The fraction of sp³-hybridized carbons (Fsp3) is 0.344. The zero-order valence-corrected chi connectivity index (χ0v) is 25.6. The molecule has 1 saturated heterocycles. The number of hydrogen-bond donors (Lipinski definition) is 1. The largest absolute Gasteiger partial charge is 0.457 e. The molecule has 0 spiro atoms.